The van der Waals surface area contributed by atoms with E-state index in [0.717, 1.165) is 49.2 Å². The number of halogens is 1. The number of hydrogen-bond acceptors (Lipinski definition) is 6. The molecular formula is C26H40ClN3O3. The van der Waals surface area contributed by atoms with Gasteiger partial charge in [-0.3, -0.25) is 4.90 Å². The minimum Gasteiger partial charge on any atom is -0.492 e. The van der Waals surface area contributed by atoms with Gasteiger partial charge in [0.05, 0.1) is 23.9 Å². The van der Waals surface area contributed by atoms with Gasteiger partial charge in [0.2, 0.25) is 5.90 Å². The maximum absolute atomic E-state index is 6.28. The third-order valence-corrected chi connectivity index (χ3v) is 5.75. The van der Waals surface area contributed by atoms with Gasteiger partial charge in [-0.05, 0) is 78.6 Å². The highest BCUT2D eigenvalue weighted by Crippen LogP contribution is 2.26. The van der Waals surface area contributed by atoms with Crippen molar-refractivity contribution in [2.24, 2.45) is 4.99 Å². The Labute approximate surface area is 204 Å². The molecule has 0 atom stereocenters. The number of rotatable bonds is 11. The van der Waals surface area contributed by atoms with Crippen molar-refractivity contribution < 1.29 is 14.0 Å². The van der Waals surface area contributed by atoms with E-state index in [2.05, 4.69) is 49.7 Å². The van der Waals surface area contributed by atoms with Gasteiger partial charge in [-0.1, -0.05) is 23.7 Å². The first kappa shape index (κ1) is 27.2. The molecular weight excluding hydrogens is 438 g/mol. The molecule has 0 aliphatic carbocycles. The molecule has 0 unspecified atom stereocenters. The van der Waals surface area contributed by atoms with E-state index >= 15 is 0 Å². The summed E-state index contributed by atoms with van der Waals surface area (Å²) >= 11 is 6.28. The summed E-state index contributed by atoms with van der Waals surface area (Å²) in [5.74, 6) is 2.31. The van der Waals surface area contributed by atoms with E-state index in [1.165, 1.54) is 0 Å². The largest absolute Gasteiger partial charge is 0.492 e. The fourth-order valence-corrected chi connectivity index (χ4v) is 4.12. The summed E-state index contributed by atoms with van der Waals surface area (Å²) in [6, 6.07) is 9.00. The van der Waals surface area contributed by atoms with Gasteiger partial charge >= 0.3 is 0 Å². The van der Waals surface area contributed by atoms with Gasteiger partial charge in [-0.15, -0.1) is 0 Å². The summed E-state index contributed by atoms with van der Waals surface area (Å²) in [6.45, 7) is 16.3. The normalized spacial score (nSPS) is 13.2. The Balaban J connectivity index is 0.000000365. The molecule has 184 valence electrons. The van der Waals surface area contributed by atoms with Crippen LogP contribution >= 0.6 is 11.6 Å². The molecule has 1 aromatic heterocycles. The van der Waals surface area contributed by atoms with Crippen molar-refractivity contribution in [2.45, 2.75) is 79.3 Å². The molecule has 0 amide bonds. The fraction of sp³-hybridized carbons (Fsp3) is 0.615. The van der Waals surface area contributed by atoms with Crippen molar-refractivity contribution in [3.8, 4) is 5.75 Å². The van der Waals surface area contributed by atoms with Crippen molar-refractivity contribution in [2.75, 3.05) is 26.3 Å². The minimum absolute atomic E-state index is 0.586. The quantitative estimate of drug-likeness (QED) is 0.354. The van der Waals surface area contributed by atoms with E-state index < -0.39 is 0 Å². The summed E-state index contributed by atoms with van der Waals surface area (Å²) in [5, 5.41) is 4.47. The average molecular weight is 478 g/mol. The molecule has 0 bridgehead atoms. The molecule has 0 spiro atoms. The predicted molar refractivity (Wildman–Crippen MR) is 136 cm³/mol. The Kier molecular flexibility index (Phi) is 11.8. The first-order chi connectivity index (χ1) is 15.8. The molecule has 2 heterocycles. The van der Waals surface area contributed by atoms with Crippen molar-refractivity contribution in [1.82, 2.24) is 10.1 Å². The second-order valence-corrected chi connectivity index (χ2v) is 9.20. The summed E-state index contributed by atoms with van der Waals surface area (Å²) in [6.07, 6.45) is 4.02. The molecule has 1 aliphatic rings. The minimum atomic E-state index is 0.586. The first-order valence-electron chi connectivity index (χ1n) is 12.1. The number of unbranched alkanes of at least 4 members (excludes halogenated alkanes) is 2. The molecule has 3 rings (SSSR count). The lowest BCUT2D eigenvalue weighted by molar-refractivity contribution is 0.185. The lowest BCUT2D eigenvalue weighted by atomic mass is 10.1. The summed E-state index contributed by atoms with van der Waals surface area (Å²) in [4.78, 5) is 6.74. The SMILES string of the molecule is CCN(C(C)C)C(C)C.Cc1cc(CCCCCOc2ccc(C3=NCCO3)cc2Cl)on1. The van der Waals surface area contributed by atoms with Gasteiger partial charge < -0.3 is 14.0 Å². The summed E-state index contributed by atoms with van der Waals surface area (Å²) in [5.41, 5.74) is 1.83. The highest BCUT2D eigenvalue weighted by molar-refractivity contribution is 6.32. The topological polar surface area (TPSA) is 60.1 Å². The van der Waals surface area contributed by atoms with Crippen LogP contribution < -0.4 is 4.74 Å². The van der Waals surface area contributed by atoms with E-state index in [1.54, 1.807) is 0 Å². The van der Waals surface area contributed by atoms with Gasteiger partial charge in [0.15, 0.2) is 0 Å². The molecule has 0 N–H and O–H groups in total. The van der Waals surface area contributed by atoms with E-state index in [0.29, 0.717) is 48.5 Å². The third kappa shape index (κ3) is 9.38. The molecule has 0 fully saturated rings. The van der Waals surface area contributed by atoms with Gasteiger partial charge in [0.1, 0.15) is 18.1 Å². The molecule has 2 aromatic rings. The van der Waals surface area contributed by atoms with Crippen LogP contribution in [0.25, 0.3) is 0 Å². The van der Waals surface area contributed by atoms with Crippen molar-refractivity contribution in [3.63, 3.8) is 0 Å². The Morgan fingerprint density at radius 3 is 2.36 bits per heavy atom. The lowest BCUT2D eigenvalue weighted by Crippen LogP contribution is -2.36. The monoisotopic (exact) mass is 477 g/mol. The molecule has 6 nitrogen and oxygen atoms in total. The third-order valence-electron chi connectivity index (χ3n) is 5.46. The second-order valence-electron chi connectivity index (χ2n) is 8.79. The number of ether oxygens (including phenoxy) is 2. The van der Waals surface area contributed by atoms with Gasteiger partial charge in [0.25, 0.3) is 0 Å². The zero-order valence-corrected chi connectivity index (χ0v) is 21.8. The lowest BCUT2D eigenvalue weighted by Gasteiger charge is -2.28. The number of nitrogens with zero attached hydrogens (tertiary/aromatic N) is 3. The first-order valence-corrected chi connectivity index (χ1v) is 12.5. The average Bonchev–Trinajstić information content (AvgIpc) is 3.44. The van der Waals surface area contributed by atoms with Crippen LogP contribution in [0.1, 0.15) is 70.9 Å². The number of hydrogen-bond donors (Lipinski definition) is 0. The molecule has 1 aromatic carbocycles. The molecule has 0 radical (unpaired) electrons. The van der Waals surface area contributed by atoms with Crippen molar-refractivity contribution in [1.29, 1.82) is 0 Å². The highest BCUT2D eigenvalue weighted by atomic mass is 35.5. The van der Waals surface area contributed by atoms with Gasteiger partial charge in [0, 0.05) is 30.1 Å². The van der Waals surface area contributed by atoms with Crippen LogP contribution in [0.15, 0.2) is 33.8 Å². The molecule has 0 saturated heterocycles. The maximum Gasteiger partial charge on any atom is 0.216 e. The van der Waals surface area contributed by atoms with Gasteiger partial charge in [-0.25, -0.2) is 4.99 Å². The highest BCUT2D eigenvalue weighted by Gasteiger charge is 2.12. The standard InChI is InChI=1S/C18H21ClN2O3.C8H19N/c1-13-11-15(24-21-13)5-3-2-4-9-22-17-7-6-14(12-16(17)19)18-20-8-10-23-18;1-6-9(7(2)3)8(4)5/h6-7,11-12H,2-5,8-10H2,1H3;7-8H,6H2,1-5H3. The summed E-state index contributed by atoms with van der Waals surface area (Å²) < 4.78 is 16.4. The van der Waals surface area contributed by atoms with Crippen LogP contribution in [0, 0.1) is 6.92 Å². The molecule has 7 heteroatoms. The van der Waals surface area contributed by atoms with Crippen LogP contribution in [0.3, 0.4) is 0 Å². The molecule has 0 saturated carbocycles. The van der Waals surface area contributed by atoms with Crippen LogP contribution in [-0.2, 0) is 11.2 Å². The van der Waals surface area contributed by atoms with E-state index in [-0.39, 0.29) is 0 Å². The van der Waals surface area contributed by atoms with E-state index in [4.69, 9.17) is 25.6 Å². The fourth-order valence-electron chi connectivity index (χ4n) is 3.88. The molecule has 1 aliphatic heterocycles. The predicted octanol–water partition coefficient (Wildman–Crippen LogP) is 6.33. The smallest absolute Gasteiger partial charge is 0.216 e. The van der Waals surface area contributed by atoms with Crippen LogP contribution in [0.2, 0.25) is 5.02 Å². The van der Waals surface area contributed by atoms with Crippen LogP contribution in [0.4, 0.5) is 0 Å². The number of aromatic nitrogens is 1. The number of aliphatic imine (C=N–C) groups is 1. The van der Waals surface area contributed by atoms with E-state index in [1.807, 2.05) is 31.2 Å². The zero-order chi connectivity index (χ0) is 24.2. The maximum atomic E-state index is 6.28. The number of benzene rings is 1. The van der Waals surface area contributed by atoms with Crippen molar-refractivity contribution >= 4 is 17.5 Å². The van der Waals surface area contributed by atoms with E-state index in [9.17, 15) is 0 Å². The van der Waals surface area contributed by atoms with Crippen LogP contribution in [-0.4, -0.2) is 54.3 Å². The van der Waals surface area contributed by atoms with Crippen molar-refractivity contribution in [3.05, 3.63) is 46.3 Å². The Hall–Kier alpha value is -2.05. The zero-order valence-electron chi connectivity index (χ0n) is 21.1. The Morgan fingerprint density at radius 2 is 1.85 bits per heavy atom. The van der Waals surface area contributed by atoms with Crippen LogP contribution in [0.5, 0.6) is 5.75 Å². The Bertz CT molecular complexity index is 856. The van der Waals surface area contributed by atoms with Gasteiger partial charge in [-0.2, -0.15) is 0 Å². The second kappa shape index (κ2) is 14.3. The summed E-state index contributed by atoms with van der Waals surface area (Å²) in [7, 11) is 0. The molecule has 33 heavy (non-hydrogen) atoms. The number of aryl methyl sites for hydroxylation is 2. The Morgan fingerprint density at radius 1 is 1.09 bits per heavy atom.